The van der Waals surface area contributed by atoms with Crippen molar-refractivity contribution < 1.29 is 27.7 Å². The molecular formula is C19H18N4O7S2. The van der Waals surface area contributed by atoms with Gasteiger partial charge in [0.15, 0.2) is 6.10 Å². The van der Waals surface area contributed by atoms with Gasteiger partial charge in [0.1, 0.15) is 6.54 Å². The summed E-state index contributed by atoms with van der Waals surface area (Å²) in [5.74, 6) is -1.68. The number of sulfonamides is 1. The number of nitrogens with zero attached hydrogens (tertiary/aromatic N) is 2. The first-order valence-electron chi connectivity index (χ1n) is 8.90. The van der Waals surface area contributed by atoms with Gasteiger partial charge in [0.2, 0.25) is 10.0 Å². The van der Waals surface area contributed by atoms with Gasteiger partial charge in [-0.25, -0.2) is 8.42 Å². The Kier molecular flexibility index (Phi) is 8.30. The molecule has 0 aliphatic carbocycles. The van der Waals surface area contributed by atoms with Gasteiger partial charge in [0.05, 0.1) is 26.3 Å². The molecule has 2 aromatic rings. The molecule has 0 saturated heterocycles. The van der Waals surface area contributed by atoms with Crippen LogP contribution < -0.4 is 10.0 Å². The van der Waals surface area contributed by atoms with Crippen molar-refractivity contribution in [2.75, 3.05) is 18.1 Å². The van der Waals surface area contributed by atoms with Gasteiger partial charge in [-0.2, -0.15) is 9.98 Å². The number of nitro benzene ring substituents is 1. The SMILES string of the molecule is CSc1ccc(S(=O)(=O)NCC(=O)OC(C)C(=O)Nc2ccc(C#N)cc2)cc1[N+](=O)[O-]. The molecule has 2 N–H and O–H groups in total. The van der Waals surface area contributed by atoms with E-state index in [0.717, 1.165) is 17.8 Å². The molecule has 2 aromatic carbocycles. The predicted molar refractivity (Wildman–Crippen MR) is 115 cm³/mol. The van der Waals surface area contributed by atoms with Crippen LogP contribution in [0.1, 0.15) is 12.5 Å². The molecule has 2 rings (SSSR count). The molecule has 32 heavy (non-hydrogen) atoms. The summed E-state index contributed by atoms with van der Waals surface area (Å²) in [6.07, 6.45) is 0.383. The van der Waals surface area contributed by atoms with Crippen LogP contribution in [0.2, 0.25) is 0 Å². The second-order valence-electron chi connectivity index (χ2n) is 6.23. The average molecular weight is 479 g/mol. The van der Waals surface area contributed by atoms with Gasteiger partial charge in [0, 0.05) is 11.8 Å². The Bertz CT molecular complexity index is 1180. The summed E-state index contributed by atoms with van der Waals surface area (Å²) in [5.41, 5.74) is 0.409. The quantitative estimate of drug-likeness (QED) is 0.237. The minimum absolute atomic E-state index is 0.287. The number of esters is 1. The largest absolute Gasteiger partial charge is 0.452 e. The molecule has 1 unspecified atom stereocenters. The number of amides is 1. The highest BCUT2D eigenvalue weighted by atomic mass is 32.2. The van der Waals surface area contributed by atoms with Crippen molar-refractivity contribution in [2.45, 2.75) is 22.8 Å². The molecule has 13 heteroatoms. The summed E-state index contributed by atoms with van der Waals surface area (Å²) >= 11 is 1.09. The number of hydrogen-bond donors (Lipinski definition) is 2. The second kappa shape index (κ2) is 10.7. The Morgan fingerprint density at radius 3 is 2.47 bits per heavy atom. The normalized spacial score (nSPS) is 11.8. The molecule has 0 fully saturated rings. The van der Waals surface area contributed by atoms with Gasteiger partial charge >= 0.3 is 5.97 Å². The molecule has 0 saturated carbocycles. The molecule has 0 aliphatic rings. The van der Waals surface area contributed by atoms with Crippen molar-refractivity contribution in [2.24, 2.45) is 0 Å². The topological polar surface area (TPSA) is 168 Å². The first kappa shape index (κ1) is 24.8. The van der Waals surface area contributed by atoms with Gasteiger partial charge in [-0.1, -0.05) is 0 Å². The zero-order valence-electron chi connectivity index (χ0n) is 16.9. The fourth-order valence-electron chi connectivity index (χ4n) is 2.38. The number of hydrogen-bond acceptors (Lipinski definition) is 9. The summed E-state index contributed by atoms with van der Waals surface area (Å²) in [4.78, 5) is 34.4. The standard InChI is InChI=1S/C19H18N4O7S2/c1-12(19(25)22-14-5-3-13(10-20)4-6-14)30-18(24)11-21-32(28,29)15-7-8-17(31-2)16(9-15)23(26)27/h3-9,12,21H,11H2,1-2H3,(H,22,25). The van der Waals surface area contributed by atoms with Crippen molar-refractivity contribution in [1.29, 1.82) is 5.26 Å². The third-order valence-electron chi connectivity index (χ3n) is 4.02. The van der Waals surface area contributed by atoms with Crippen LogP contribution in [0.15, 0.2) is 52.3 Å². The van der Waals surface area contributed by atoms with Gasteiger partial charge in [-0.15, -0.1) is 11.8 Å². The van der Waals surface area contributed by atoms with Gasteiger partial charge in [-0.05, 0) is 49.6 Å². The minimum Gasteiger partial charge on any atom is -0.452 e. The summed E-state index contributed by atoms with van der Waals surface area (Å²) in [5, 5.41) is 22.4. The summed E-state index contributed by atoms with van der Waals surface area (Å²) in [6, 6.07) is 11.3. The number of carbonyl (C=O) groups is 2. The maximum absolute atomic E-state index is 12.4. The molecule has 0 spiro atoms. The van der Waals surface area contributed by atoms with Crippen LogP contribution in [0.3, 0.4) is 0 Å². The summed E-state index contributed by atoms with van der Waals surface area (Å²) in [7, 11) is -4.24. The maximum Gasteiger partial charge on any atom is 0.321 e. The van der Waals surface area contributed by atoms with Crippen molar-refractivity contribution in [3.63, 3.8) is 0 Å². The Balaban J connectivity index is 1.96. The van der Waals surface area contributed by atoms with Crippen molar-refractivity contribution in [1.82, 2.24) is 4.72 Å². The van der Waals surface area contributed by atoms with Crippen molar-refractivity contribution in [3.8, 4) is 6.07 Å². The Labute approximate surface area is 188 Å². The highest BCUT2D eigenvalue weighted by Gasteiger charge is 2.23. The molecule has 168 valence electrons. The third-order valence-corrected chi connectivity index (χ3v) is 6.21. The van der Waals surface area contributed by atoms with E-state index in [2.05, 4.69) is 5.32 Å². The lowest BCUT2D eigenvalue weighted by Gasteiger charge is -2.14. The zero-order chi connectivity index (χ0) is 23.9. The van der Waals surface area contributed by atoms with Gasteiger partial charge in [-0.3, -0.25) is 19.7 Å². The molecule has 0 bridgehead atoms. The Hall–Kier alpha value is -3.47. The number of nitriles is 1. The van der Waals surface area contributed by atoms with E-state index in [1.165, 1.54) is 43.3 Å². The molecule has 0 radical (unpaired) electrons. The zero-order valence-corrected chi connectivity index (χ0v) is 18.5. The molecule has 1 atom stereocenters. The summed E-state index contributed by atoms with van der Waals surface area (Å²) < 4.78 is 31.7. The van der Waals surface area contributed by atoms with Crippen LogP contribution in [0.4, 0.5) is 11.4 Å². The number of rotatable bonds is 9. The van der Waals surface area contributed by atoms with Crippen LogP contribution in [-0.4, -0.2) is 44.1 Å². The highest BCUT2D eigenvalue weighted by Crippen LogP contribution is 2.29. The van der Waals surface area contributed by atoms with Crippen molar-refractivity contribution >= 4 is 45.0 Å². The fraction of sp³-hybridized carbons (Fsp3) is 0.211. The van der Waals surface area contributed by atoms with E-state index < -0.39 is 39.5 Å². The first-order valence-corrected chi connectivity index (χ1v) is 11.6. The Morgan fingerprint density at radius 2 is 1.91 bits per heavy atom. The fourth-order valence-corrected chi connectivity index (χ4v) is 3.92. The monoisotopic (exact) mass is 478 g/mol. The van der Waals surface area contributed by atoms with Gasteiger partial charge in [0.25, 0.3) is 11.6 Å². The van der Waals surface area contributed by atoms with Crippen LogP contribution >= 0.6 is 11.8 Å². The molecule has 0 aromatic heterocycles. The first-order chi connectivity index (χ1) is 15.1. The lowest BCUT2D eigenvalue weighted by atomic mass is 10.2. The number of nitro groups is 1. The predicted octanol–water partition coefficient (Wildman–Crippen LogP) is 2.04. The lowest BCUT2D eigenvalue weighted by Crippen LogP contribution is -2.35. The average Bonchev–Trinajstić information content (AvgIpc) is 2.77. The number of thioether (sulfide) groups is 1. The van der Waals surface area contributed by atoms with E-state index >= 15 is 0 Å². The lowest BCUT2D eigenvalue weighted by molar-refractivity contribution is -0.388. The van der Waals surface area contributed by atoms with Crippen LogP contribution in [-0.2, 0) is 24.3 Å². The number of benzene rings is 2. The van der Waals surface area contributed by atoms with E-state index in [1.807, 2.05) is 10.8 Å². The summed E-state index contributed by atoms with van der Waals surface area (Å²) in [6.45, 7) is 0.519. The molecule has 0 aliphatic heterocycles. The number of anilines is 1. The van der Waals surface area contributed by atoms with E-state index in [9.17, 15) is 28.1 Å². The van der Waals surface area contributed by atoms with Crippen molar-refractivity contribution in [3.05, 3.63) is 58.1 Å². The Morgan fingerprint density at radius 1 is 1.25 bits per heavy atom. The van der Waals surface area contributed by atoms with E-state index in [1.54, 1.807) is 6.26 Å². The van der Waals surface area contributed by atoms with Crippen LogP contribution in [0.25, 0.3) is 0 Å². The van der Waals surface area contributed by atoms with Crippen LogP contribution in [0, 0.1) is 21.4 Å². The number of nitrogens with one attached hydrogen (secondary N) is 2. The smallest absolute Gasteiger partial charge is 0.321 e. The minimum atomic E-state index is -4.24. The molecule has 0 heterocycles. The van der Waals surface area contributed by atoms with E-state index in [0.29, 0.717) is 11.3 Å². The number of ether oxygens (including phenoxy) is 1. The maximum atomic E-state index is 12.4. The molecular weight excluding hydrogens is 460 g/mol. The van der Waals surface area contributed by atoms with Crippen LogP contribution in [0.5, 0.6) is 0 Å². The highest BCUT2D eigenvalue weighted by molar-refractivity contribution is 7.98. The third kappa shape index (κ3) is 6.51. The molecule has 11 nitrogen and oxygen atoms in total. The second-order valence-corrected chi connectivity index (χ2v) is 8.84. The van der Waals surface area contributed by atoms with E-state index in [4.69, 9.17) is 10.00 Å². The van der Waals surface area contributed by atoms with E-state index in [-0.39, 0.29) is 15.5 Å². The van der Waals surface area contributed by atoms with Gasteiger partial charge < -0.3 is 10.1 Å². The number of carbonyl (C=O) groups excluding carboxylic acids is 2. The molecule has 1 amide bonds.